The quantitative estimate of drug-likeness (QED) is 0.589. The summed E-state index contributed by atoms with van der Waals surface area (Å²) in [5.74, 6) is 0.545. The second kappa shape index (κ2) is 8.43. The Morgan fingerprint density at radius 1 is 1.18 bits per heavy atom. The average Bonchev–Trinajstić information content (AvgIpc) is 3.18. The molecule has 0 saturated carbocycles. The van der Waals surface area contributed by atoms with Gasteiger partial charge < -0.3 is 16.0 Å². The highest BCUT2D eigenvalue weighted by Crippen LogP contribution is 2.16. The van der Waals surface area contributed by atoms with Crippen molar-refractivity contribution in [3.8, 4) is 5.69 Å². The number of nitrogens with one attached hydrogen (secondary N) is 1. The third-order valence-electron chi connectivity index (χ3n) is 5.28. The Hall–Kier alpha value is -2.87. The Balaban J connectivity index is 1.55. The summed E-state index contributed by atoms with van der Waals surface area (Å²) in [7, 11) is 1.78. The maximum absolute atomic E-state index is 11.7. The Labute approximate surface area is 166 Å². The molecule has 0 unspecified atom stereocenters. The van der Waals surface area contributed by atoms with Gasteiger partial charge in [-0.3, -0.25) is 14.7 Å². The number of hydrogen-bond donors (Lipinski definition) is 2. The van der Waals surface area contributed by atoms with Crippen molar-refractivity contribution in [2.24, 2.45) is 10.7 Å². The van der Waals surface area contributed by atoms with Crippen LogP contribution >= 0.6 is 0 Å². The lowest BCUT2D eigenvalue weighted by Gasteiger charge is -2.43. The molecule has 0 aliphatic carbocycles. The fourth-order valence-corrected chi connectivity index (χ4v) is 3.32. The smallest absolute Gasteiger partial charge is 0.237 e. The number of nitrogens with zero attached hydrogens (tertiary/aromatic N) is 5. The molecule has 1 saturated heterocycles. The van der Waals surface area contributed by atoms with E-state index in [2.05, 4.69) is 25.2 Å². The summed E-state index contributed by atoms with van der Waals surface area (Å²) in [5, 5.41) is 8.00. The van der Waals surface area contributed by atoms with E-state index in [1.165, 1.54) is 0 Å². The topological polar surface area (TPSA) is 91.8 Å². The molecule has 1 aliphatic heterocycles. The first-order valence-corrected chi connectivity index (χ1v) is 9.52. The molecule has 1 aliphatic rings. The Bertz CT molecular complexity index is 820. The van der Waals surface area contributed by atoms with Crippen LogP contribution in [0.5, 0.6) is 0 Å². The number of aliphatic imine (C=N–C) groups is 1. The van der Waals surface area contributed by atoms with Gasteiger partial charge >= 0.3 is 0 Å². The van der Waals surface area contributed by atoms with Crippen molar-refractivity contribution in [3.05, 3.63) is 48.3 Å². The van der Waals surface area contributed by atoms with Crippen molar-refractivity contribution >= 4 is 11.9 Å². The second-order valence-electron chi connectivity index (χ2n) is 7.39. The fraction of sp³-hybridized carbons (Fsp3) is 0.450. The molecule has 0 atom stereocenters. The molecule has 1 aromatic heterocycles. The van der Waals surface area contributed by atoms with Gasteiger partial charge in [0.15, 0.2) is 5.96 Å². The lowest BCUT2D eigenvalue weighted by molar-refractivity contribution is -0.129. The SMILES string of the molecule is CN=C(NCc1ccn(-c2ccccc2)n1)N1CCN(C(C)(C)C(N)=O)CC1. The Morgan fingerprint density at radius 3 is 2.46 bits per heavy atom. The van der Waals surface area contributed by atoms with Crippen LogP contribution < -0.4 is 11.1 Å². The molecule has 2 aromatic rings. The van der Waals surface area contributed by atoms with E-state index in [1.807, 2.05) is 61.1 Å². The number of primary amides is 1. The van der Waals surface area contributed by atoms with E-state index in [-0.39, 0.29) is 5.91 Å². The van der Waals surface area contributed by atoms with Gasteiger partial charge in [-0.15, -0.1) is 0 Å². The molecule has 0 bridgehead atoms. The fourth-order valence-electron chi connectivity index (χ4n) is 3.32. The maximum Gasteiger partial charge on any atom is 0.237 e. The number of rotatable bonds is 5. The molecule has 1 aromatic carbocycles. The molecule has 1 fully saturated rings. The van der Waals surface area contributed by atoms with Crippen molar-refractivity contribution in [1.82, 2.24) is 24.9 Å². The zero-order valence-electron chi connectivity index (χ0n) is 16.8. The van der Waals surface area contributed by atoms with Gasteiger partial charge in [0.05, 0.1) is 23.5 Å². The van der Waals surface area contributed by atoms with Gasteiger partial charge in [0.2, 0.25) is 5.91 Å². The number of nitrogens with two attached hydrogens (primary N) is 1. The largest absolute Gasteiger partial charge is 0.368 e. The summed E-state index contributed by atoms with van der Waals surface area (Å²) < 4.78 is 1.87. The van der Waals surface area contributed by atoms with Crippen molar-refractivity contribution in [3.63, 3.8) is 0 Å². The molecule has 3 rings (SSSR count). The van der Waals surface area contributed by atoms with E-state index in [4.69, 9.17) is 5.73 Å². The number of aromatic nitrogens is 2. The highest BCUT2D eigenvalue weighted by molar-refractivity contribution is 5.84. The van der Waals surface area contributed by atoms with Crippen LogP contribution in [0.15, 0.2) is 47.6 Å². The van der Waals surface area contributed by atoms with Crippen LogP contribution in [0.25, 0.3) is 5.69 Å². The molecule has 150 valence electrons. The number of guanidine groups is 1. The van der Waals surface area contributed by atoms with Gasteiger partial charge in [-0.05, 0) is 32.0 Å². The number of hydrogen-bond acceptors (Lipinski definition) is 4. The van der Waals surface area contributed by atoms with E-state index >= 15 is 0 Å². The van der Waals surface area contributed by atoms with E-state index in [1.54, 1.807) is 7.05 Å². The standard InChI is InChI=1S/C20H29N7O/c1-20(2,18(21)28)26-13-11-25(12-14-26)19(22-3)23-15-16-9-10-27(24-16)17-7-5-4-6-8-17/h4-10H,11-15H2,1-3H3,(H2,21,28)(H,22,23). The number of amides is 1. The zero-order chi connectivity index (χ0) is 20.1. The maximum atomic E-state index is 11.7. The van der Waals surface area contributed by atoms with Gasteiger partial charge in [0.1, 0.15) is 0 Å². The highest BCUT2D eigenvalue weighted by Gasteiger charge is 2.35. The first kappa shape index (κ1) is 19.9. The van der Waals surface area contributed by atoms with E-state index in [0.29, 0.717) is 6.54 Å². The van der Waals surface area contributed by atoms with Crippen LogP contribution in [0, 0.1) is 0 Å². The third-order valence-corrected chi connectivity index (χ3v) is 5.28. The molecule has 1 amide bonds. The summed E-state index contributed by atoms with van der Waals surface area (Å²) in [6.07, 6.45) is 1.96. The Kier molecular flexibility index (Phi) is 5.99. The number of carbonyl (C=O) groups is 1. The van der Waals surface area contributed by atoms with Crippen molar-refractivity contribution in [2.45, 2.75) is 25.9 Å². The molecule has 28 heavy (non-hydrogen) atoms. The first-order chi connectivity index (χ1) is 13.4. The van der Waals surface area contributed by atoms with Crippen LogP contribution in [-0.4, -0.2) is 70.2 Å². The van der Waals surface area contributed by atoms with Gasteiger partial charge in [-0.2, -0.15) is 5.10 Å². The van der Waals surface area contributed by atoms with Crippen molar-refractivity contribution in [1.29, 1.82) is 0 Å². The van der Waals surface area contributed by atoms with E-state index < -0.39 is 5.54 Å². The van der Waals surface area contributed by atoms with Crippen molar-refractivity contribution in [2.75, 3.05) is 33.2 Å². The lowest BCUT2D eigenvalue weighted by Crippen LogP contribution is -2.61. The van der Waals surface area contributed by atoms with Crippen LogP contribution in [-0.2, 0) is 11.3 Å². The molecule has 8 heteroatoms. The molecule has 2 heterocycles. The van der Waals surface area contributed by atoms with Gasteiger partial charge in [-0.1, -0.05) is 18.2 Å². The van der Waals surface area contributed by atoms with Crippen molar-refractivity contribution < 1.29 is 4.79 Å². The third kappa shape index (κ3) is 4.33. The number of carbonyl (C=O) groups excluding carboxylic acids is 1. The molecule has 3 N–H and O–H groups in total. The Morgan fingerprint density at radius 2 is 1.86 bits per heavy atom. The molecular weight excluding hydrogens is 354 g/mol. The minimum absolute atomic E-state index is 0.294. The summed E-state index contributed by atoms with van der Waals surface area (Å²) in [6, 6.07) is 12.0. The molecule has 0 spiro atoms. The van der Waals surface area contributed by atoms with E-state index in [9.17, 15) is 4.79 Å². The van der Waals surface area contributed by atoms with Crippen LogP contribution in [0.3, 0.4) is 0 Å². The minimum Gasteiger partial charge on any atom is -0.368 e. The highest BCUT2D eigenvalue weighted by atomic mass is 16.1. The zero-order valence-corrected chi connectivity index (χ0v) is 16.8. The monoisotopic (exact) mass is 383 g/mol. The predicted molar refractivity (Wildman–Crippen MR) is 110 cm³/mol. The first-order valence-electron chi connectivity index (χ1n) is 9.52. The molecule has 0 radical (unpaired) electrons. The minimum atomic E-state index is -0.632. The summed E-state index contributed by atoms with van der Waals surface area (Å²) in [5.41, 5.74) is 6.88. The number of para-hydroxylation sites is 1. The molecule has 8 nitrogen and oxygen atoms in total. The van der Waals surface area contributed by atoms with E-state index in [0.717, 1.165) is 43.5 Å². The van der Waals surface area contributed by atoms with Crippen LogP contribution in [0.1, 0.15) is 19.5 Å². The predicted octanol–water partition coefficient (Wildman–Crippen LogP) is 0.829. The van der Waals surface area contributed by atoms with Crippen LogP contribution in [0.2, 0.25) is 0 Å². The van der Waals surface area contributed by atoms with Gasteiger partial charge in [0, 0.05) is 39.4 Å². The normalized spacial score (nSPS) is 16.2. The lowest BCUT2D eigenvalue weighted by atomic mass is 10.0. The second-order valence-corrected chi connectivity index (χ2v) is 7.39. The van der Waals surface area contributed by atoms with Gasteiger partial charge in [0.25, 0.3) is 0 Å². The summed E-state index contributed by atoms with van der Waals surface area (Å²) in [6.45, 7) is 7.45. The van der Waals surface area contributed by atoms with Crippen LogP contribution in [0.4, 0.5) is 0 Å². The summed E-state index contributed by atoms with van der Waals surface area (Å²) >= 11 is 0. The number of benzene rings is 1. The number of piperazine rings is 1. The molecular formula is C20H29N7O. The summed E-state index contributed by atoms with van der Waals surface area (Å²) in [4.78, 5) is 20.4. The van der Waals surface area contributed by atoms with Gasteiger partial charge in [-0.25, -0.2) is 4.68 Å². The average molecular weight is 384 g/mol.